The highest BCUT2D eigenvalue weighted by atomic mass is 16.5. The number of hydrogen-bond donors (Lipinski definition) is 3. The molecule has 1 saturated heterocycles. The highest BCUT2D eigenvalue weighted by Gasteiger charge is 2.16. The van der Waals surface area contributed by atoms with E-state index in [9.17, 15) is 0 Å². The van der Waals surface area contributed by atoms with Crippen LogP contribution in [-0.2, 0) is 4.74 Å². The topological polar surface area (TPSA) is 84.6 Å². The third kappa shape index (κ3) is 3.41. The molecule has 1 fully saturated rings. The molecule has 3 N–H and O–H groups in total. The third-order valence-corrected chi connectivity index (χ3v) is 5.76. The number of nitrogens with one attached hydrogen (secondary N) is 3. The molecule has 0 atom stereocenters. The van der Waals surface area contributed by atoms with Crippen molar-refractivity contribution in [2.75, 3.05) is 31.6 Å². The van der Waals surface area contributed by atoms with E-state index in [2.05, 4.69) is 56.9 Å². The molecule has 1 aliphatic rings. The van der Waals surface area contributed by atoms with Gasteiger partial charge in [0.2, 0.25) is 0 Å². The number of fused-ring (bicyclic) bond motifs is 2. The average Bonchev–Trinajstić information content (AvgIpc) is 3.49. The summed E-state index contributed by atoms with van der Waals surface area (Å²) >= 11 is 0. The monoisotopic (exact) mass is 412 g/mol. The zero-order valence-electron chi connectivity index (χ0n) is 16.9. The minimum Gasteiger partial charge on any atom is -0.370 e. The van der Waals surface area contributed by atoms with Crippen LogP contribution in [-0.4, -0.2) is 50.9 Å². The molecule has 2 aromatic carbocycles. The summed E-state index contributed by atoms with van der Waals surface area (Å²) in [4.78, 5) is 10.8. The highest BCUT2D eigenvalue weighted by molar-refractivity contribution is 5.84. The molecule has 31 heavy (non-hydrogen) atoms. The molecule has 1 aliphatic heterocycles. The van der Waals surface area contributed by atoms with Gasteiger partial charge in [-0.3, -0.25) is 10.00 Å². The molecule has 6 rings (SSSR count). The second-order valence-electron chi connectivity index (χ2n) is 7.72. The Hall–Kier alpha value is -3.75. The number of imidazole rings is 1. The lowest BCUT2D eigenvalue weighted by atomic mass is 10.1. The van der Waals surface area contributed by atoms with Gasteiger partial charge in [0, 0.05) is 47.4 Å². The van der Waals surface area contributed by atoms with Gasteiger partial charge in [-0.25, -0.2) is 9.97 Å². The first-order valence-electron chi connectivity index (χ1n) is 10.4. The van der Waals surface area contributed by atoms with E-state index < -0.39 is 0 Å². The number of anilines is 2. The van der Waals surface area contributed by atoms with Crippen LogP contribution in [0.3, 0.4) is 0 Å². The van der Waals surface area contributed by atoms with Gasteiger partial charge in [0.1, 0.15) is 18.8 Å². The molecule has 5 aromatic rings. The molecule has 154 valence electrons. The van der Waals surface area contributed by atoms with E-state index in [0.29, 0.717) is 0 Å². The maximum absolute atomic E-state index is 5.47. The number of ether oxygens (including phenoxy) is 1. The second kappa shape index (κ2) is 7.50. The van der Waals surface area contributed by atoms with Crippen LogP contribution in [0.4, 0.5) is 17.2 Å². The van der Waals surface area contributed by atoms with Crippen molar-refractivity contribution in [1.82, 2.24) is 24.6 Å². The quantitative estimate of drug-likeness (QED) is 0.423. The number of hydrogen-bond acceptors (Lipinski definition) is 5. The molecule has 0 bridgehead atoms. The number of nitrogens with zero attached hydrogens (tertiary/aromatic N) is 4. The molecular weight excluding hydrogens is 390 g/mol. The molecule has 0 unspecified atom stereocenters. The first-order chi connectivity index (χ1) is 15.3. The number of morpholine rings is 1. The number of benzene rings is 2. The van der Waals surface area contributed by atoms with E-state index in [1.54, 1.807) is 6.20 Å². The first kappa shape index (κ1) is 18.1. The molecule has 3 aromatic heterocycles. The van der Waals surface area contributed by atoms with Crippen LogP contribution >= 0.6 is 0 Å². The lowest BCUT2D eigenvalue weighted by Gasteiger charge is -2.23. The predicted octanol–water partition coefficient (Wildman–Crippen LogP) is 2.56. The number of aromatic amines is 1. The molecule has 0 aliphatic carbocycles. The van der Waals surface area contributed by atoms with Crippen molar-refractivity contribution in [3.63, 3.8) is 0 Å². The van der Waals surface area contributed by atoms with Crippen molar-refractivity contribution in [3.05, 3.63) is 67.3 Å². The van der Waals surface area contributed by atoms with E-state index in [-0.39, 0.29) is 0 Å². The van der Waals surface area contributed by atoms with Crippen molar-refractivity contribution in [2.24, 2.45) is 0 Å². The molecule has 0 spiro atoms. The fraction of sp³-hybridized carbons (Fsp3) is 0.174. The summed E-state index contributed by atoms with van der Waals surface area (Å²) in [7, 11) is 0. The van der Waals surface area contributed by atoms with Crippen LogP contribution in [0.2, 0.25) is 0 Å². The summed E-state index contributed by atoms with van der Waals surface area (Å²) in [5, 5.41) is 11.7. The Morgan fingerprint density at radius 3 is 2.81 bits per heavy atom. The van der Waals surface area contributed by atoms with Gasteiger partial charge < -0.3 is 14.5 Å². The molecule has 8 nitrogen and oxygen atoms in total. The summed E-state index contributed by atoms with van der Waals surface area (Å²) in [5.41, 5.74) is 5.92. The minimum atomic E-state index is 0.721. The average molecular weight is 412 g/mol. The SMILES string of the molecule is c1cn2cc(-c3ccc4cn[nH]c4c3)nc(Nc3ccc([NH+]4CCOCC4)cc3)c2n1. The maximum Gasteiger partial charge on any atom is 0.180 e. The van der Waals surface area contributed by atoms with Crippen molar-refractivity contribution in [1.29, 1.82) is 0 Å². The van der Waals surface area contributed by atoms with E-state index in [1.807, 2.05) is 29.1 Å². The predicted molar refractivity (Wildman–Crippen MR) is 119 cm³/mol. The fourth-order valence-electron chi connectivity index (χ4n) is 4.08. The minimum absolute atomic E-state index is 0.721. The summed E-state index contributed by atoms with van der Waals surface area (Å²) in [6.45, 7) is 3.64. The summed E-state index contributed by atoms with van der Waals surface area (Å²) in [6, 6.07) is 14.7. The first-order valence-corrected chi connectivity index (χ1v) is 10.4. The van der Waals surface area contributed by atoms with Crippen molar-refractivity contribution in [2.45, 2.75) is 0 Å². The fourth-order valence-corrected chi connectivity index (χ4v) is 4.08. The van der Waals surface area contributed by atoms with Crippen LogP contribution in [0.25, 0.3) is 27.8 Å². The molecule has 0 saturated carbocycles. The Morgan fingerprint density at radius 2 is 1.94 bits per heavy atom. The van der Waals surface area contributed by atoms with Gasteiger partial charge in [-0.15, -0.1) is 0 Å². The smallest absolute Gasteiger partial charge is 0.180 e. The zero-order chi connectivity index (χ0) is 20.6. The van der Waals surface area contributed by atoms with Gasteiger partial charge in [0.25, 0.3) is 0 Å². The number of quaternary nitrogens is 1. The van der Waals surface area contributed by atoms with Crippen LogP contribution < -0.4 is 10.2 Å². The van der Waals surface area contributed by atoms with Gasteiger partial charge in [-0.05, 0) is 18.2 Å². The lowest BCUT2D eigenvalue weighted by Crippen LogP contribution is -3.09. The molecule has 0 amide bonds. The van der Waals surface area contributed by atoms with E-state index >= 15 is 0 Å². The van der Waals surface area contributed by atoms with Gasteiger partial charge >= 0.3 is 0 Å². The normalized spacial score (nSPS) is 15.0. The van der Waals surface area contributed by atoms with Crippen molar-refractivity contribution < 1.29 is 9.64 Å². The number of aromatic nitrogens is 5. The lowest BCUT2D eigenvalue weighted by molar-refractivity contribution is -0.842. The van der Waals surface area contributed by atoms with Crippen LogP contribution in [0.1, 0.15) is 0 Å². The number of H-pyrrole nitrogens is 1. The Bertz CT molecular complexity index is 1350. The summed E-state index contributed by atoms with van der Waals surface area (Å²) < 4.78 is 7.46. The Morgan fingerprint density at radius 1 is 1.06 bits per heavy atom. The molecule has 4 heterocycles. The standard InChI is InChI=1S/C23H21N7O/c1-2-17-14-25-28-20(17)13-16(1)21-15-30-8-7-24-23(30)22(27-21)26-18-3-5-19(6-4-18)29-9-11-31-12-10-29/h1-8,13-15H,9-12H2,(H,25,28)(H,26,27)/p+1. The maximum atomic E-state index is 5.47. The van der Waals surface area contributed by atoms with E-state index in [1.165, 1.54) is 10.6 Å². The Balaban J connectivity index is 1.33. The summed E-state index contributed by atoms with van der Waals surface area (Å²) in [5.74, 6) is 0.721. The second-order valence-corrected chi connectivity index (χ2v) is 7.72. The van der Waals surface area contributed by atoms with E-state index in [4.69, 9.17) is 9.72 Å². The molecule has 8 heteroatoms. The Kier molecular flexibility index (Phi) is 4.37. The van der Waals surface area contributed by atoms with Crippen LogP contribution in [0.15, 0.2) is 67.3 Å². The van der Waals surface area contributed by atoms with Crippen molar-refractivity contribution in [3.8, 4) is 11.3 Å². The number of rotatable bonds is 4. The summed E-state index contributed by atoms with van der Waals surface area (Å²) in [6.07, 6.45) is 7.54. The zero-order valence-corrected chi connectivity index (χ0v) is 16.9. The van der Waals surface area contributed by atoms with Gasteiger partial charge in [-0.2, -0.15) is 5.10 Å². The molecular formula is C23H22N7O+. The highest BCUT2D eigenvalue weighted by Crippen LogP contribution is 2.26. The molecule has 0 radical (unpaired) electrons. The van der Waals surface area contributed by atoms with Gasteiger partial charge in [-0.1, -0.05) is 12.1 Å². The van der Waals surface area contributed by atoms with E-state index in [0.717, 1.165) is 65.6 Å². The van der Waals surface area contributed by atoms with Gasteiger partial charge in [0.15, 0.2) is 11.5 Å². The Labute approximate surface area is 178 Å². The van der Waals surface area contributed by atoms with Gasteiger partial charge in [0.05, 0.1) is 30.6 Å². The van der Waals surface area contributed by atoms with Crippen LogP contribution in [0, 0.1) is 0 Å². The largest absolute Gasteiger partial charge is 0.370 e. The third-order valence-electron chi connectivity index (χ3n) is 5.76. The van der Waals surface area contributed by atoms with Crippen LogP contribution in [0.5, 0.6) is 0 Å². The van der Waals surface area contributed by atoms with Crippen molar-refractivity contribution >= 4 is 33.7 Å².